The Morgan fingerprint density at radius 1 is 1.21 bits per heavy atom. The van der Waals surface area contributed by atoms with Gasteiger partial charge >= 0.3 is 6.03 Å². The molecule has 2 amide bonds. The molecule has 2 aromatic heterocycles. The molecule has 126 valence electrons. The first-order valence-corrected chi connectivity index (χ1v) is 8.17. The summed E-state index contributed by atoms with van der Waals surface area (Å²) in [5.74, 6) is 0. The number of nitrogens with zero attached hydrogens (tertiary/aromatic N) is 7. The maximum Gasteiger partial charge on any atom is 0.324 e. The molecule has 8 heteroatoms. The molecule has 0 atom stereocenters. The van der Waals surface area contributed by atoms with Crippen LogP contribution in [0.15, 0.2) is 24.8 Å². The monoisotopic (exact) mass is 327 g/mol. The zero-order chi connectivity index (χ0) is 16.7. The number of hydrogen-bond acceptors (Lipinski definition) is 5. The minimum Gasteiger partial charge on any atom is -0.326 e. The van der Waals surface area contributed by atoms with E-state index in [-0.39, 0.29) is 6.03 Å². The minimum atomic E-state index is 0.0443. The normalized spacial score (nSPS) is 19.2. The Balaban J connectivity index is 1.35. The molecule has 0 bridgehead atoms. The smallest absolute Gasteiger partial charge is 0.324 e. The van der Waals surface area contributed by atoms with E-state index in [1.807, 2.05) is 31.0 Å². The molecule has 4 rings (SSSR count). The molecular formula is C16H21N7O. The number of amides is 2. The number of carbonyl (C=O) groups is 1. The lowest BCUT2D eigenvalue weighted by atomic mass is 10.1. The van der Waals surface area contributed by atoms with Crippen molar-refractivity contribution in [3.8, 4) is 0 Å². The summed E-state index contributed by atoms with van der Waals surface area (Å²) in [4.78, 5) is 26.6. The third-order valence-corrected chi connectivity index (χ3v) is 4.62. The summed E-state index contributed by atoms with van der Waals surface area (Å²) in [5, 5.41) is 4.45. The van der Waals surface area contributed by atoms with Crippen LogP contribution in [-0.2, 0) is 6.54 Å². The first kappa shape index (κ1) is 15.1. The Bertz CT molecular complexity index is 752. The van der Waals surface area contributed by atoms with E-state index in [4.69, 9.17) is 0 Å². The van der Waals surface area contributed by atoms with Gasteiger partial charge in [0.15, 0.2) is 0 Å². The standard InChI is InChI=1S/C16H21N7O/c1-12-5-17-6-13(19-12)8-21-9-15(10-21)23-11-14(7-18-23)22-4-3-20(2)16(22)24/h5-7,11,15H,3-4,8-10H2,1-2H3. The predicted octanol–water partition coefficient (Wildman–Crippen LogP) is 0.910. The van der Waals surface area contributed by atoms with E-state index in [2.05, 4.69) is 20.0 Å². The molecule has 4 heterocycles. The van der Waals surface area contributed by atoms with Crippen molar-refractivity contribution in [1.29, 1.82) is 0 Å². The highest BCUT2D eigenvalue weighted by atomic mass is 16.2. The Kier molecular flexibility index (Phi) is 3.68. The molecule has 0 aliphatic carbocycles. The fourth-order valence-electron chi connectivity index (χ4n) is 3.21. The van der Waals surface area contributed by atoms with Crippen molar-refractivity contribution in [1.82, 2.24) is 29.5 Å². The number of hydrogen-bond donors (Lipinski definition) is 0. The summed E-state index contributed by atoms with van der Waals surface area (Å²) in [7, 11) is 1.82. The molecule has 2 saturated heterocycles. The van der Waals surface area contributed by atoms with Crippen LogP contribution in [0, 0.1) is 6.92 Å². The summed E-state index contributed by atoms with van der Waals surface area (Å²) in [6, 6.07) is 0.398. The van der Waals surface area contributed by atoms with E-state index in [1.54, 1.807) is 22.2 Å². The predicted molar refractivity (Wildman–Crippen MR) is 88.7 cm³/mol. The Labute approximate surface area is 140 Å². The van der Waals surface area contributed by atoms with E-state index in [1.165, 1.54) is 0 Å². The van der Waals surface area contributed by atoms with E-state index in [0.29, 0.717) is 6.04 Å². The second-order valence-electron chi connectivity index (χ2n) is 6.53. The largest absolute Gasteiger partial charge is 0.326 e. The molecule has 8 nitrogen and oxygen atoms in total. The molecular weight excluding hydrogens is 306 g/mol. The quantitative estimate of drug-likeness (QED) is 0.835. The van der Waals surface area contributed by atoms with Crippen LogP contribution in [-0.4, -0.2) is 68.8 Å². The lowest BCUT2D eigenvalue weighted by Crippen LogP contribution is -2.47. The van der Waals surface area contributed by atoms with Crippen molar-refractivity contribution in [3.05, 3.63) is 36.2 Å². The van der Waals surface area contributed by atoms with Gasteiger partial charge in [0, 0.05) is 58.4 Å². The number of urea groups is 1. The van der Waals surface area contributed by atoms with E-state index < -0.39 is 0 Å². The number of likely N-dealkylation sites (N-methyl/N-ethyl adjacent to an activating group) is 1. The molecule has 24 heavy (non-hydrogen) atoms. The third kappa shape index (κ3) is 2.73. The Morgan fingerprint density at radius 3 is 2.75 bits per heavy atom. The summed E-state index contributed by atoms with van der Waals surface area (Å²) in [6.45, 7) is 6.13. The van der Waals surface area contributed by atoms with Crippen molar-refractivity contribution in [3.63, 3.8) is 0 Å². The highest BCUT2D eigenvalue weighted by Crippen LogP contribution is 2.25. The van der Waals surface area contributed by atoms with Crippen molar-refractivity contribution in [2.24, 2.45) is 0 Å². The number of likely N-dealkylation sites (tertiary alicyclic amines) is 1. The SMILES string of the molecule is Cc1cncc(CN2CC(n3cc(N4CCN(C)C4=O)cn3)C2)n1. The molecule has 2 aromatic rings. The number of aryl methyl sites for hydroxylation is 1. The number of aromatic nitrogens is 4. The average molecular weight is 327 g/mol. The average Bonchev–Trinajstić information content (AvgIpc) is 3.11. The van der Waals surface area contributed by atoms with Crippen molar-refractivity contribution in [2.75, 3.05) is 38.1 Å². The number of anilines is 1. The molecule has 0 saturated carbocycles. The van der Waals surface area contributed by atoms with Gasteiger partial charge in [-0.15, -0.1) is 0 Å². The molecule has 0 N–H and O–H groups in total. The first-order valence-electron chi connectivity index (χ1n) is 8.17. The van der Waals surface area contributed by atoms with Gasteiger partial charge in [0.1, 0.15) is 0 Å². The first-order chi connectivity index (χ1) is 11.6. The van der Waals surface area contributed by atoms with Gasteiger partial charge in [-0.25, -0.2) is 4.79 Å². The second-order valence-corrected chi connectivity index (χ2v) is 6.53. The molecule has 0 radical (unpaired) electrons. The maximum absolute atomic E-state index is 12.0. The minimum absolute atomic E-state index is 0.0443. The number of carbonyl (C=O) groups excluding carboxylic acids is 1. The lowest BCUT2D eigenvalue weighted by molar-refractivity contribution is 0.0894. The van der Waals surface area contributed by atoms with Crippen LogP contribution in [0.1, 0.15) is 17.4 Å². The zero-order valence-electron chi connectivity index (χ0n) is 14.0. The summed E-state index contributed by atoms with van der Waals surface area (Å²) < 4.78 is 1.97. The van der Waals surface area contributed by atoms with Gasteiger partial charge in [-0.05, 0) is 6.92 Å². The maximum atomic E-state index is 12.0. The zero-order valence-corrected chi connectivity index (χ0v) is 14.0. The molecule has 0 spiro atoms. The van der Waals surface area contributed by atoms with Gasteiger partial charge in [-0.1, -0.05) is 0 Å². The van der Waals surface area contributed by atoms with Gasteiger partial charge in [0.2, 0.25) is 0 Å². The molecule has 2 fully saturated rings. The van der Waals surface area contributed by atoms with Gasteiger partial charge < -0.3 is 4.90 Å². The van der Waals surface area contributed by atoms with Gasteiger partial charge in [-0.3, -0.25) is 24.4 Å². The van der Waals surface area contributed by atoms with Crippen LogP contribution >= 0.6 is 0 Å². The van der Waals surface area contributed by atoms with Gasteiger partial charge in [0.05, 0.1) is 29.3 Å². The van der Waals surface area contributed by atoms with Crippen LogP contribution < -0.4 is 4.90 Å². The third-order valence-electron chi connectivity index (χ3n) is 4.62. The summed E-state index contributed by atoms with van der Waals surface area (Å²) in [5.41, 5.74) is 2.83. The van der Waals surface area contributed by atoms with Gasteiger partial charge in [0.25, 0.3) is 0 Å². The van der Waals surface area contributed by atoms with E-state index in [0.717, 1.165) is 49.8 Å². The second kappa shape index (κ2) is 5.86. The molecule has 0 unspecified atom stereocenters. The topological polar surface area (TPSA) is 70.4 Å². The van der Waals surface area contributed by atoms with E-state index >= 15 is 0 Å². The summed E-state index contributed by atoms with van der Waals surface area (Å²) >= 11 is 0. The van der Waals surface area contributed by atoms with Crippen molar-refractivity contribution < 1.29 is 4.79 Å². The van der Waals surface area contributed by atoms with Crippen LogP contribution in [0.25, 0.3) is 0 Å². The Hall–Kier alpha value is -2.48. The van der Waals surface area contributed by atoms with Crippen LogP contribution in [0.3, 0.4) is 0 Å². The van der Waals surface area contributed by atoms with Crippen LogP contribution in [0.4, 0.5) is 10.5 Å². The molecule has 2 aliphatic heterocycles. The van der Waals surface area contributed by atoms with E-state index in [9.17, 15) is 4.79 Å². The highest BCUT2D eigenvalue weighted by Gasteiger charge is 2.31. The van der Waals surface area contributed by atoms with Crippen molar-refractivity contribution in [2.45, 2.75) is 19.5 Å². The van der Waals surface area contributed by atoms with Crippen LogP contribution in [0.5, 0.6) is 0 Å². The highest BCUT2D eigenvalue weighted by molar-refractivity contribution is 5.93. The van der Waals surface area contributed by atoms with Crippen LogP contribution in [0.2, 0.25) is 0 Å². The molecule has 0 aromatic carbocycles. The molecule has 2 aliphatic rings. The fraction of sp³-hybridized carbons (Fsp3) is 0.500. The lowest BCUT2D eigenvalue weighted by Gasteiger charge is -2.38. The fourth-order valence-corrected chi connectivity index (χ4v) is 3.21. The van der Waals surface area contributed by atoms with Gasteiger partial charge in [-0.2, -0.15) is 5.10 Å². The number of rotatable bonds is 4. The van der Waals surface area contributed by atoms with Crippen molar-refractivity contribution >= 4 is 11.7 Å². The Morgan fingerprint density at radius 2 is 2.04 bits per heavy atom. The summed E-state index contributed by atoms with van der Waals surface area (Å²) in [6.07, 6.45) is 7.35.